The second-order valence-corrected chi connectivity index (χ2v) is 6.60. The number of ether oxygens (including phenoxy) is 1. The van der Waals surface area contributed by atoms with Crippen molar-refractivity contribution < 1.29 is 19.4 Å². The first-order valence-electron chi connectivity index (χ1n) is 9.33. The molecule has 2 aromatic carbocycles. The van der Waals surface area contributed by atoms with Crippen LogP contribution in [0.15, 0.2) is 54.6 Å². The Bertz CT molecular complexity index is 795. The van der Waals surface area contributed by atoms with Crippen LogP contribution >= 0.6 is 0 Å². The maximum atomic E-state index is 12.4. The van der Waals surface area contributed by atoms with Crippen molar-refractivity contribution in [1.82, 2.24) is 10.2 Å². The van der Waals surface area contributed by atoms with Crippen molar-refractivity contribution in [2.24, 2.45) is 0 Å². The largest absolute Gasteiger partial charge is 0.394 e. The van der Waals surface area contributed by atoms with Crippen LogP contribution in [0.1, 0.15) is 24.2 Å². The van der Waals surface area contributed by atoms with Gasteiger partial charge in [-0.25, -0.2) is 4.79 Å². The van der Waals surface area contributed by atoms with Crippen molar-refractivity contribution in [3.8, 4) is 0 Å². The second kappa shape index (κ2) is 9.34. The van der Waals surface area contributed by atoms with Gasteiger partial charge in [-0.2, -0.15) is 0 Å². The van der Waals surface area contributed by atoms with E-state index in [1.807, 2.05) is 49.4 Å². The molecule has 1 fully saturated rings. The van der Waals surface area contributed by atoms with E-state index >= 15 is 0 Å². The minimum absolute atomic E-state index is 0.0348. The molecule has 0 radical (unpaired) electrons. The van der Waals surface area contributed by atoms with Gasteiger partial charge in [-0.05, 0) is 30.2 Å². The zero-order valence-electron chi connectivity index (χ0n) is 15.8. The smallest absolute Gasteiger partial charge is 0.319 e. The summed E-state index contributed by atoms with van der Waals surface area (Å²) in [4.78, 5) is 25.7. The maximum Gasteiger partial charge on any atom is 0.319 e. The number of carbonyl (C=O) groups is 2. The fraction of sp³-hybridized carbons (Fsp3) is 0.333. The molecule has 148 valence electrons. The fourth-order valence-electron chi connectivity index (χ4n) is 3.29. The lowest BCUT2D eigenvalue weighted by Gasteiger charge is -2.40. The first-order valence-corrected chi connectivity index (χ1v) is 9.33. The maximum absolute atomic E-state index is 12.4. The summed E-state index contributed by atoms with van der Waals surface area (Å²) in [6.07, 6.45) is -0.440. The molecule has 1 aliphatic rings. The van der Waals surface area contributed by atoms with Crippen molar-refractivity contribution in [3.05, 3.63) is 65.7 Å². The van der Waals surface area contributed by atoms with Crippen LogP contribution in [-0.4, -0.2) is 47.7 Å². The quantitative estimate of drug-likeness (QED) is 0.714. The number of morpholine rings is 1. The van der Waals surface area contributed by atoms with Crippen LogP contribution in [0.2, 0.25) is 0 Å². The van der Waals surface area contributed by atoms with Crippen molar-refractivity contribution in [2.45, 2.75) is 25.6 Å². The molecule has 0 aromatic heterocycles. The lowest BCUT2D eigenvalue weighted by Crippen LogP contribution is -2.52. The molecular formula is C21H25N3O4. The van der Waals surface area contributed by atoms with Crippen LogP contribution in [0, 0.1) is 0 Å². The number of hydrogen-bond donors (Lipinski definition) is 3. The highest BCUT2D eigenvalue weighted by Crippen LogP contribution is 2.30. The van der Waals surface area contributed by atoms with Gasteiger partial charge in [0.25, 0.3) is 0 Å². The summed E-state index contributed by atoms with van der Waals surface area (Å²) in [7, 11) is 0. The highest BCUT2D eigenvalue weighted by Gasteiger charge is 2.37. The Kier molecular flexibility index (Phi) is 6.62. The SMILES string of the molecule is CCNC(=O)Nc1ccc([C@H]2OCC(=O)N(Cc3ccccc3)[C@@H]2CO)cc1. The van der Waals surface area contributed by atoms with E-state index in [-0.39, 0.29) is 25.2 Å². The third kappa shape index (κ3) is 4.68. The highest BCUT2D eigenvalue weighted by molar-refractivity contribution is 5.89. The van der Waals surface area contributed by atoms with Crippen LogP contribution in [0.3, 0.4) is 0 Å². The van der Waals surface area contributed by atoms with Crippen molar-refractivity contribution in [1.29, 1.82) is 0 Å². The molecule has 7 nitrogen and oxygen atoms in total. The summed E-state index contributed by atoms with van der Waals surface area (Å²) in [5, 5.41) is 15.4. The van der Waals surface area contributed by atoms with Gasteiger partial charge in [-0.15, -0.1) is 0 Å². The molecule has 0 saturated carbocycles. The van der Waals surface area contributed by atoms with E-state index < -0.39 is 12.1 Å². The molecule has 28 heavy (non-hydrogen) atoms. The Labute approximate surface area is 164 Å². The highest BCUT2D eigenvalue weighted by atomic mass is 16.5. The van der Waals surface area contributed by atoms with E-state index in [0.29, 0.717) is 18.8 Å². The molecule has 3 rings (SSSR count). The van der Waals surface area contributed by atoms with Gasteiger partial charge >= 0.3 is 6.03 Å². The summed E-state index contributed by atoms with van der Waals surface area (Å²) in [6, 6.07) is 16.2. The lowest BCUT2D eigenvalue weighted by atomic mass is 9.98. The standard InChI is InChI=1S/C21H25N3O4/c1-2-22-21(27)23-17-10-8-16(9-11-17)20-18(13-25)24(19(26)14-28-20)12-15-6-4-3-5-7-15/h3-11,18,20,25H,2,12-14H2,1H3,(H2,22,23,27)/t18-,20-/m1/s1. The number of nitrogens with zero attached hydrogens (tertiary/aromatic N) is 1. The van der Waals surface area contributed by atoms with E-state index in [1.54, 1.807) is 17.0 Å². The summed E-state index contributed by atoms with van der Waals surface area (Å²) >= 11 is 0. The molecule has 1 aliphatic heterocycles. The molecule has 0 unspecified atom stereocenters. The number of hydrogen-bond acceptors (Lipinski definition) is 4. The Morgan fingerprint density at radius 3 is 2.54 bits per heavy atom. The summed E-state index contributed by atoms with van der Waals surface area (Å²) in [5.41, 5.74) is 2.49. The molecule has 3 N–H and O–H groups in total. The monoisotopic (exact) mass is 383 g/mol. The molecule has 0 aliphatic carbocycles. The van der Waals surface area contributed by atoms with E-state index in [9.17, 15) is 14.7 Å². The fourth-order valence-corrected chi connectivity index (χ4v) is 3.29. The van der Waals surface area contributed by atoms with Crippen molar-refractivity contribution >= 4 is 17.6 Å². The molecule has 2 aromatic rings. The molecule has 1 heterocycles. The summed E-state index contributed by atoms with van der Waals surface area (Å²) in [6.45, 7) is 2.57. The van der Waals surface area contributed by atoms with E-state index in [0.717, 1.165) is 11.1 Å². The third-order valence-corrected chi connectivity index (χ3v) is 4.67. The van der Waals surface area contributed by atoms with Crippen LogP contribution < -0.4 is 10.6 Å². The molecule has 2 atom stereocenters. The molecular weight excluding hydrogens is 358 g/mol. The van der Waals surface area contributed by atoms with Crippen molar-refractivity contribution in [3.63, 3.8) is 0 Å². The zero-order chi connectivity index (χ0) is 19.9. The van der Waals surface area contributed by atoms with E-state index in [1.165, 1.54) is 0 Å². The van der Waals surface area contributed by atoms with Gasteiger partial charge in [0.1, 0.15) is 12.7 Å². The zero-order valence-corrected chi connectivity index (χ0v) is 15.8. The van der Waals surface area contributed by atoms with Gasteiger partial charge in [0.15, 0.2) is 0 Å². The number of aliphatic hydroxyl groups is 1. The van der Waals surface area contributed by atoms with Gasteiger partial charge in [0.2, 0.25) is 5.91 Å². The third-order valence-electron chi connectivity index (χ3n) is 4.67. The van der Waals surface area contributed by atoms with Crippen LogP contribution in [-0.2, 0) is 16.1 Å². The van der Waals surface area contributed by atoms with Gasteiger partial charge in [0.05, 0.1) is 12.6 Å². The number of nitrogens with one attached hydrogen (secondary N) is 2. The number of benzene rings is 2. The number of aliphatic hydroxyl groups excluding tert-OH is 1. The van der Waals surface area contributed by atoms with E-state index in [2.05, 4.69) is 10.6 Å². The topological polar surface area (TPSA) is 90.9 Å². The lowest BCUT2D eigenvalue weighted by molar-refractivity contribution is -0.162. The van der Waals surface area contributed by atoms with Gasteiger partial charge in [0, 0.05) is 18.8 Å². The predicted octanol–water partition coefficient (Wildman–Crippen LogP) is 2.29. The predicted molar refractivity (Wildman–Crippen MR) is 106 cm³/mol. The Morgan fingerprint density at radius 2 is 1.89 bits per heavy atom. The molecule has 1 saturated heterocycles. The average molecular weight is 383 g/mol. The molecule has 3 amide bonds. The van der Waals surface area contributed by atoms with Gasteiger partial charge in [-0.1, -0.05) is 42.5 Å². The van der Waals surface area contributed by atoms with E-state index in [4.69, 9.17) is 4.74 Å². The minimum atomic E-state index is -0.483. The van der Waals surface area contributed by atoms with Crippen LogP contribution in [0.5, 0.6) is 0 Å². The number of amides is 3. The summed E-state index contributed by atoms with van der Waals surface area (Å²) < 4.78 is 5.76. The first kappa shape index (κ1) is 19.9. The normalized spacial score (nSPS) is 19.4. The molecule has 7 heteroatoms. The Morgan fingerprint density at radius 1 is 1.18 bits per heavy atom. The number of anilines is 1. The van der Waals surface area contributed by atoms with Crippen LogP contribution in [0.25, 0.3) is 0 Å². The summed E-state index contributed by atoms with van der Waals surface area (Å²) in [5.74, 6) is -0.145. The van der Waals surface area contributed by atoms with Crippen molar-refractivity contribution in [2.75, 3.05) is 25.1 Å². The number of urea groups is 1. The Balaban J connectivity index is 1.75. The van der Waals surface area contributed by atoms with Crippen LogP contribution in [0.4, 0.5) is 10.5 Å². The number of carbonyl (C=O) groups excluding carboxylic acids is 2. The second-order valence-electron chi connectivity index (χ2n) is 6.60. The molecule has 0 bridgehead atoms. The first-order chi connectivity index (χ1) is 13.6. The molecule has 0 spiro atoms. The van der Waals surface area contributed by atoms with Gasteiger partial charge < -0.3 is 25.4 Å². The van der Waals surface area contributed by atoms with Gasteiger partial charge in [-0.3, -0.25) is 4.79 Å². The minimum Gasteiger partial charge on any atom is -0.394 e. The average Bonchev–Trinajstić information content (AvgIpc) is 2.71. The Hall–Kier alpha value is -2.90. The number of rotatable bonds is 6.